The third kappa shape index (κ3) is 3.92. The number of hydrogen-bond acceptors (Lipinski definition) is 7. The van der Waals surface area contributed by atoms with Crippen LogP contribution in [0.25, 0.3) is 0 Å². The second-order valence-electron chi connectivity index (χ2n) is 6.66. The molecule has 3 aromatic rings. The molecule has 2 heterocycles. The topological polar surface area (TPSA) is 126 Å². The van der Waals surface area contributed by atoms with Crippen molar-refractivity contribution in [2.45, 2.75) is 17.9 Å². The van der Waals surface area contributed by atoms with Crippen LogP contribution in [0, 0.1) is 0 Å². The molecule has 3 amide bonds. The van der Waals surface area contributed by atoms with Gasteiger partial charge in [0, 0.05) is 17.3 Å². The van der Waals surface area contributed by atoms with Gasteiger partial charge in [0.2, 0.25) is 5.91 Å². The van der Waals surface area contributed by atoms with Crippen LogP contribution < -0.4 is 10.0 Å². The number of thiazole rings is 1. The van der Waals surface area contributed by atoms with Crippen LogP contribution >= 0.6 is 11.3 Å². The Labute approximate surface area is 181 Å². The quantitative estimate of drug-likeness (QED) is 0.549. The monoisotopic (exact) mass is 456 g/mol. The summed E-state index contributed by atoms with van der Waals surface area (Å²) in [7, 11) is -3.82. The first-order chi connectivity index (χ1) is 14.8. The van der Waals surface area contributed by atoms with E-state index in [1.807, 2.05) is 0 Å². The number of anilines is 2. The first kappa shape index (κ1) is 20.7. The van der Waals surface area contributed by atoms with Crippen LogP contribution in [-0.4, -0.2) is 42.1 Å². The Balaban J connectivity index is 1.45. The van der Waals surface area contributed by atoms with Gasteiger partial charge in [-0.1, -0.05) is 12.1 Å². The third-order valence-corrected chi connectivity index (χ3v) is 6.85. The lowest BCUT2D eigenvalue weighted by atomic mass is 10.1. The molecule has 31 heavy (non-hydrogen) atoms. The maximum absolute atomic E-state index is 12.6. The summed E-state index contributed by atoms with van der Waals surface area (Å²) in [6, 6.07) is 10.8. The van der Waals surface area contributed by atoms with E-state index in [1.54, 1.807) is 29.6 Å². The lowest BCUT2D eigenvalue weighted by Crippen LogP contribution is -2.45. The van der Waals surface area contributed by atoms with E-state index in [9.17, 15) is 22.8 Å². The smallest absolute Gasteiger partial charge is 0.263 e. The van der Waals surface area contributed by atoms with Gasteiger partial charge in [-0.25, -0.2) is 13.4 Å². The summed E-state index contributed by atoms with van der Waals surface area (Å²) < 4.78 is 27.1. The van der Waals surface area contributed by atoms with Gasteiger partial charge in [-0.2, -0.15) is 0 Å². The average Bonchev–Trinajstić information content (AvgIpc) is 3.34. The van der Waals surface area contributed by atoms with Crippen molar-refractivity contribution in [3.8, 4) is 0 Å². The minimum Gasteiger partial charge on any atom is -0.324 e. The lowest BCUT2D eigenvalue weighted by Gasteiger charge is -2.21. The molecule has 1 aliphatic rings. The highest BCUT2D eigenvalue weighted by Gasteiger charge is 2.40. The molecule has 1 aliphatic heterocycles. The number of benzene rings is 2. The molecule has 0 bridgehead atoms. The fraction of sp³-hybridized carbons (Fsp3) is 0.100. The van der Waals surface area contributed by atoms with Crippen molar-refractivity contribution in [3.05, 3.63) is 71.2 Å². The molecule has 0 radical (unpaired) electrons. The molecule has 2 N–H and O–H groups in total. The molecule has 158 valence electrons. The van der Waals surface area contributed by atoms with E-state index in [-0.39, 0.29) is 21.2 Å². The van der Waals surface area contributed by atoms with Crippen LogP contribution in [0.5, 0.6) is 0 Å². The summed E-state index contributed by atoms with van der Waals surface area (Å²) in [5, 5.41) is 4.49. The predicted octanol–water partition coefficient (Wildman–Crippen LogP) is 2.57. The fourth-order valence-corrected chi connectivity index (χ4v) is 4.88. The van der Waals surface area contributed by atoms with Crippen LogP contribution in [0.1, 0.15) is 27.6 Å². The van der Waals surface area contributed by atoms with Gasteiger partial charge in [-0.3, -0.25) is 24.0 Å². The van der Waals surface area contributed by atoms with E-state index >= 15 is 0 Å². The lowest BCUT2D eigenvalue weighted by molar-refractivity contribution is -0.119. The van der Waals surface area contributed by atoms with Gasteiger partial charge in [0.15, 0.2) is 5.13 Å². The van der Waals surface area contributed by atoms with Crippen molar-refractivity contribution in [3.63, 3.8) is 0 Å². The minimum atomic E-state index is -3.82. The summed E-state index contributed by atoms with van der Waals surface area (Å²) in [5.41, 5.74) is 0.838. The highest BCUT2D eigenvalue weighted by molar-refractivity contribution is 7.93. The molecular formula is C20H16N4O5S2. The average molecular weight is 457 g/mol. The highest BCUT2D eigenvalue weighted by Crippen LogP contribution is 2.25. The molecule has 1 aromatic heterocycles. The van der Waals surface area contributed by atoms with E-state index in [4.69, 9.17) is 0 Å². The molecule has 1 unspecified atom stereocenters. The zero-order valence-corrected chi connectivity index (χ0v) is 17.7. The number of fused-ring (bicyclic) bond motifs is 1. The molecule has 1 atom stereocenters. The van der Waals surface area contributed by atoms with Crippen LogP contribution in [0.2, 0.25) is 0 Å². The maximum Gasteiger partial charge on any atom is 0.263 e. The molecule has 0 aliphatic carbocycles. The molecule has 0 saturated carbocycles. The van der Waals surface area contributed by atoms with E-state index in [2.05, 4.69) is 15.0 Å². The van der Waals surface area contributed by atoms with Gasteiger partial charge in [0.25, 0.3) is 21.8 Å². The molecule has 0 fully saturated rings. The van der Waals surface area contributed by atoms with Gasteiger partial charge in [0.1, 0.15) is 6.04 Å². The summed E-state index contributed by atoms with van der Waals surface area (Å²) in [4.78, 5) is 42.5. The molecule has 11 heteroatoms. The third-order valence-electron chi connectivity index (χ3n) is 4.68. The second-order valence-corrected chi connectivity index (χ2v) is 9.24. The normalized spacial score (nSPS) is 14.3. The Kier molecular flexibility index (Phi) is 5.29. The van der Waals surface area contributed by atoms with Gasteiger partial charge in [0.05, 0.1) is 16.0 Å². The van der Waals surface area contributed by atoms with Crippen molar-refractivity contribution in [1.82, 2.24) is 9.88 Å². The van der Waals surface area contributed by atoms with Crippen LogP contribution in [0.4, 0.5) is 10.8 Å². The molecule has 0 spiro atoms. The first-order valence-corrected chi connectivity index (χ1v) is 11.4. The number of imide groups is 1. The Morgan fingerprint density at radius 1 is 1.03 bits per heavy atom. The fourth-order valence-electron chi connectivity index (χ4n) is 3.09. The highest BCUT2D eigenvalue weighted by atomic mass is 32.2. The minimum absolute atomic E-state index is 0.00547. The largest absolute Gasteiger partial charge is 0.324 e. The van der Waals surface area contributed by atoms with Gasteiger partial charge >= 0.3 is 0 Å². The molecule has 2 aromatic carbocycles. The SMILES string of the molecule is CC(C(=O)Nc1ccc(S(=O)(=O)Nc2nccs2)cc1)N1C(=O)c2ccccc2C1=O. The summed E-state index contributed by atoms with van der Waals surface area (Å²) in [6.07, 6.45) is 1.48. The standard InChI is InChI=1S/C20H16N4O5S2/c1-12(24-18(26)15-4-2-3-5-16(15)19(24)27)17(25)22-13-6-8-14(9-7-13)31(28,29)23-20-21-10-11-30-20/h2-12H,1H3,(H,21,23)(H,22,25). The van der Waals surface area contributed by atoms with E-state index in [0.29, 0.717) is 5.69 Å². The van der Waals surface area contributed by atoms with Crippen LogP contribution in [-0.2, 0) is 14.8 Å². The number of aromatic nitrogens is 1. The van der Waals surface area contributed by atoms with E-state index in [0.717, 1.165) is 16.2 Å². The molecule has 0 saturated heterocycles. The predicted molar refractivity (Wildman–Crippen MR) is 114 cm³/mol. The number of amides is 3. The number of sulfonamides is 1. The first-order valence-electron chi connectivity index (χ1n) is 9.08. The number of hydrogen-bond donors (Lipinski definition) is 2. The molecular weight excluding hydrogens is 440 g/mol. The van der Waals surface area contributed by atoms with Crippen LogP contribution in [0.15, 0.2) is 65.0 Å². The van der Waals surface area contributed by atoms with Crippen molar-refractivity contribution in [2.75, 3.05) is 10.0 Å². The van der Waals surface area contributed by atoms with E-state index < -0.39 is 33.8 Å². The van der Waals surface area contributed by atoms with Crippen molar-refractivity contribution >= 4 is 49.9 Å². The summed E-state index contributed by atoms with van der Waals surface area (Å²) in [5.74, 6) is -1.64. The van der Waals surface area contributed by atoms with E-state index in [1.165, 1.54) is 37.4 Å². The number of nitrogens with one attached hydrogen (secondary N) is 2. The van der Waals surface area contributed by atoms with Crippen molar-refractivity contribution in [2.24, 2.45) is 0 Å². The zero-order chi connectivity index (χ0) is 22.2. The number of nitrogens with zero attached hydrogens (tertiary/aromatic N) is 2. The second kappa shape index (κ2) is 7.93. The van der Waals surface area contributed by atoms with Gasteiger partial charge in [-0.05, 0) is 43.3 Å². The number of carbonyl (C=O) groups excluding carboxylic acids is 3. The number of carbonyl (C=O) groups is 3. The molecule has 4 rings (SSSR count). The van der Waals surface area contributed by atoms with Gasteiger partial charge < -0.3 is 5.32 Å². The Morgan fingerprint density at radius 3 is 2.19 bits per heavy atom. The number of rotatable bonds is 6. The Hall–Kier alpha value is -3.57. The Morgan fingerprint density at radius 2 is 1.65 bits per heavy atom. The van der Waals surface area contributed by atoms with Crippen molar-refractivity contribution < 1.29 is 22.8 Å². The molecule has 9 nitrogen and oxygen atoms in total. The summed E-state index contributed by atoms with van der Waals surface area (Å²) in [6.45, 7) is 1.45. The van der Waals surface area contributed by atoms with Crippen LogP contribution in [0.3, 0.4) is 0 Å². The summed E-state index contributed by atoms with van der Waals surface area (Å²) >= 11 is 1.15. The zero-order valence-electron chi connectivity index (χ0n) is 16.1. The van der Waals surface area contributed by atoms with Crippen molar-refractivity contribution in [1.29, 1.82) is 0 Å². The Bertz CT molecular complexity index is 1240. The van der Waals surface area contributed by atoms with Gasteiger partial charge in [-0.15, -0.1) is 11.3 Å². The maximum atomic E-state index is 12.6.